The van der Waals surface area contributed by atoms with Crippen molar-refractivity contribution in [2.75, 3.05) is 26.3 Å². The summed E-state index contributed by atoms with van der Waals surface area (Å²) < 4.78 is 11.3. The Balaban J connectivity index is 1.97. The second-order valence-electron chi connectivity index (χ2n) is 4.93. The molecule has 4 nitrogen and oxygen atoms in total. The summed E-state index contributed by atoms with van der Waals surface area (Å²) in [7, 11) is 0. The summed E-state index contributed by atoms with van der Waals surface area (Å²) in [6.45, 7) is 6.64. The fraction of sp³-hybridized carbons (Fsp3) is 0.909. The Bertz CT molecular complexity index is 277. The summed E-state index contributed by atoms with van der Waals surface area (Å²) in [6.07, 6.45) is 1.61. The van der Waals surface area contributed by atoms with Gasteiger partial charge in [0.1, 0.15) is 0 Å². The van der Waals surface area contributed by atoms with Crippen LogP contribution in [0.25, 0.3) is 0 Å². The van der Waals surface area contributed by atoms with Gasteiger partial charge in [-0.2, -0.15) is 0 Å². The summed E-state index contributed by atoms with van der Waals surface area (Å²) in [4.78, 5) is 13.4. The van der Waals surface area contributed by atoms with Crippen LogP contribution in [0.5, 0.6) is 0 Å². The first kappa shape index (κ1) is 12.3. The molecule has 0 radical (unpaired) electrons. The molecule has 0 N–H and O–H groups in total. The number of likely N-dealkylation sites (tertiary alicyclic amines) is 1. The van der Waals surface area contributed by atoms with Gasteiger partial charge in [0, 0.05) is 25.9 Å². The van der Waals surface area contributed by atoms with Crippen molar-refractivity contribution in [1.82, 2.24) is 4.90 Å². The Morgan fingerprint density at radius 3 is 2.19 bits per heavy atom. The van der Waals surface area contributed by atoms with Crippen molar-refractivity contribution in [2.45, 2.75) is 38.0 Å². The molecule has 1 spiro atoms. The van der Waals surface area contributed by atoms with Crippen LogP contribution in [0.15, 0.2) is 0 Å². The lowest BCUT2D eigenvalue weighted by atomic mass is 9.96. The molecule has 5 heteroatoms. The summed E-state index contributed by atoms with van der Waals surface area (Å²) in [5.74, 6) is -0.387. The Kier molecular flexibility index (Phi) is 3.27. The lowest BCUT2D eigenvalue weighted by molar-refractivity contribution is -0.191. The van der Waals surface area contributed by atoms with Gasteiger partial charge in [-0.05, 0) is 25.4 Å². The van der Waals surface area contributed by atoms with Gasteiger partial charge in [0.15, 0.2) is 5.79 Å². The summed E-state index contributed by atoms with van der Waals surface area (Å²) in [6, 6.07) is 0. The van der Waals surface area contributed by atoms with Gasteiger partial charge in [0.2, 0.25) is 5.24 Å². The molecule has 2 fully saturated rings. The number of carbonyl (C=O) groups excluding carboxylic acids is 1. The van der Waals surface area contributed by atoms with Crippen LogP contribution >= 0.6 is 11.6 Å². The van der Waals surface area contributed by atoms with E-state index < -0.39 is 5.54 Å². The van der Waals surface area contributed by atoms with Gasteiger partial charge in [-0.15, -0.1) is 0 Å². The number of rotatable bonds is 2. The average molecular weight is 248 g/mol. The monoisotopic (exact) mass is 247 g/mol. The minimum Gasteiger partial charge on any atom is -0.347 e. The zero-order valence-electron chi connectivity index (χ0n) is 9.79. The summed E-state index contributed by atoms with van der Waals surface area (Å²) in [5, 5.41) is -0.309. The van der Waals surface area contributed by atoms with Crippen LogP contribution in [-0.4, -0.2) is 47.8 Å². The van der Waals surface area contributed by atoms with Crippen molar-refractivity contribution < 1.29 is 14.3 Å². The standard InChI is InChI=1S/C11H18ClNO3/c1-10(2,9(12)14)13-5-3-11(4-6-13)15-7-8-16-11/h3-8H2,1-2H3. The Morgan fingerprint density at radius 2 is 1.75 bits per heavy atom. The summed E-state index contributed by atoms with van der Waals surface area (Å²) in [5.41, 5.74) is -0.595. The van der Waals surface area contributed by atoms with E-state index in [2.05, 4.69) is 4.90 Å². The first-order valence-corrected chi connectivity index (χ1v) is 6.07. The highest BCUT2D eigenvalue weighted by Gasteiger charge is 2.44. The van der Waals surface area contributed by atoms with Crippen LogP contribution in [0.3, 0.4) is 0 Å². The third kappa shape index (κ3) is 2.12. The number of ether oxygens (including phenoxy) is 2. The van der Waals surface area contributed by atoms with E-state index >= 15 is 0 Å². The van der Waals surface area contributed by atoms with Crippen LogP contribution in [0.1, 0.15) is 26.7 Å². The molecule has 0 amide bonds. The molecule has 0 aromatic heterocycles. The highest BCUT2D eigenvalue weighted by Crippen LogP contribution is 2.34. The van der Waals surface area contributed by atoms with Crippen LogP contribution in [0.2, 0.25) is 0 Å². The van der Waals surface area contributed by atoms with Crippen molar-refractivity contribution in [3.8, 4) is 0 Å². The van der Waals surface area contributed by atoms with E-state index in [9.17, 15) is 4.79 Å². The molecule has 2 heterocycles. The molecule has 16 heavy (non-hydrogen) atoms. The summed E-state index contributed by atoms with van der Waals surface area (Å²) >= 11 is 5.61. The van der Waals surface area contributed by atoms with Crippen molar-refractivity contribution >= 4 is 16.8 Å². The minimum absolute atomic E-state index is 0.309. The molecule has 0 aromatic carbocycles. The van der Waals surface area contributed by atoms with Gasteiger partial charge in [-0.25, -0.2) is 0 Å². The van der Waals surface area contributed by atoms with Gasteiger partial charge in [0.05, 0.1) is 18.8 Å². The van der Waals surface area contributed by atoms with Gasteiger partial charge in [0.25, 0.3) is 0 Å². The van der Waals surface area contributed by atoms with Crippen molar-refractivity contribution in [1.29, 1.82) is 0 Å². The number of piperidine rings is 1. The molecule has 2 rings (SSSR count). The topological polar surface area (TPSA) is 38.8 Å². The van der Waals surface area contributed by atoms with E-state index in [1.54, 1.807) is 0 Å². The van der Waals surface area contributed by atoms with Crippen molar-refractivity contribution in [3.63, 3.8) is 0 Å². The number of hydrogen-bond acceptors (Lipinski definition) is 4. The Labute approximate surface area is 101 Å². The maximum atomic E-state index is 11.3. The zero-order valence-corrected chi connectivity index (χ0v) is 10.5. The normalized spacial score (nSPS) is 26.2. The van der Waals surface area contributed by atoms with Gasteiger partial charge in [-0.1, -0.05) is 0 Å². The molecule has 0 aromatic rings. The van der Waals surface area contributed by atoms with E-state index in [1.165, 1.54) is 0 Å². The fourth-order valence-electron chi connectivity index (χ4n) is 2.32. The largest absolute Gasteiger partial charge is 0.347 e. The number of carbonyl (C=O) groups is 1. The molecular weight excluding hydrogens is 230 g/mol. The highest BCUT2D eigenvalue weighted by atomic mass is 35.5. The maximum absolute atomic E-state index is 11.3. The van der Waals surface area contributed by atoms with Crippen LogP contribution < -0.4 is 0 Å². The molecule has 0 atom stereocenters. The van der Waals surface area contributed by atoms with E-state index in [-0.39, 0.29) is 11.0 Å². The smallest absolute Gasteiger partial charge is 0.241 e. The third-order valence-corrected chi connectivity index (χ3v) is 4.07. The second kappa shape index (κ2) is 4.26. The van der Waals surface area contributed by atoms with Crippen molar-refractivity contribution in [2.24, 2.45) is 0 Å². The maximum Gasteiger partial charge on any atom is 0.241 e. The fourth-order valence-corrected chi connectivity index (χ4v) is 2.44. The predicted octanol–water partition coefficient (Wildman–Crippen LogP) is 1.37. The third-order valence-electron chi connectivity index (χ3n) is 3.61. The Hall–Kier alpha value is -0.160. The van der Waals surface area contributed by atoms with Gasteiger partial charge in [-0.3, -0.25) is 9.69 Å². The minimum atomic E-state index is -0.595. The van der Waals surface area contributed by atoms with Crippen molar-refractivity contribution in [3.05, 3.63) is 0 Å². The van der Waals surface area contributed by atoms with Gasteiger partial charge < -0.3 is 9.47 Å². The molecule has 0 unspecified atom stereocenters. The Morgan fingerprint density at radius 1 is 1.25 bits per heavy atom. The first-order valence-electron chi connectivity index (χ1n) is 5.69. The lowest BCUT2D eigenvalue weighted by Crippen LogP contribution is -2.55. The first-order chi connectivity index (χ1) is 7.46. The quantitative estimate of drug-likeness (QED) is 0.691. The number of hydrogen-bond donors (Lipinski definition) is 0. The molecule has 2 saturated heterocycles. The van der Waals surface area contributed by atoms with E-state index in [0.717, 1.165) is 25.9 Å². The van der Waals surface area contributed by atoms with E-state index in [1.807, 2.05) is 13.8 Å². The second-order valence-corrected chi connectivity index (χ2v) is 5.27. The molecular formula is C11H18ClNO3. The van der Waals surface area contributed by atoms with Crippen LogP contribution in [0, 0.1) is 0 Å². The number of nitrogens with zero attached hydrogens (tertiary/aromatic N) is 1. The highest BCUT2D eigenvalue weighted by molar-refractivity contribution is 6.65. The predicted molar refractivity (Wildman–Crippen MR) is 60.4 cm³/mol. The SMILES string of the molecule is CC(C)(C(=O)Cl)N1CCC2(CC1)OCCO2. The molecule has 2 aliphatic rings. The van der Waals surface area contributed by atoms with Gasteiger partial charge >= 0.3 is 0 Å². The van der Waals surface area contributed by atoms with E-state index in [0.29, 0.717) is 13.2 Å². The lowest BCUT2D eigenvalue weighted by Gasteiger charge is -2.43. The molecule has 92 valence electrons. The average Bonchev–Trinajstić information content (AvgIpc) is 2.67. The zero-order chi connectivity index (χ0) is 11.8. The van der Waals surface area contributed by atoms with Crippen LogP contribution in [-0.2, 0) is 14.3 Å². The molecule has 2 aliphatic heterocycles. The van der Waals surface area contributed by atoms with Crippen LogP contribution in [0.4, 0.5) is 0 Å². The molecule has 0 saturated carbocycles. The number of halogens is 1. The van der Waals surface area contributed by atoms with E-state index in [4.69, 9.17) is 21.1 Å². The molecule has 0 aliphatic carbocycles. The molecule has 0 bridgehead atoms.